The molecular weight excluding hydrogens is 356 g/mol. The molecule has 142 valence electrons. The molecule has 3 aromatic rings. The molecule has 28 heavy (non-hydrogen) atoms. The summed E-state index contributed by atoms with van der Waals surface area (Å²) in [5.41, 5.74) is 2.66. The Kier molecular flexibility index (Phi) is 4.60. The first-order valence-electron chi connectivity index (χ1n) is 9.11. The number of hydrazine groups is 1. The monoisotopic (exact) mass is 376 g/mol. The van der Waals surface area contributed by atoms with Crippen LogP contribution < -0.4 is 0 Å². The van der Waals surface area contributed by atoms with Crippen molar-refractivity contribution in [2.24, 2.45) is 0 Å². The summed E-state index contributed by atoms with van der Waals surface area (Å²) in [4.78, 5) is 31.7. The number of carbonyl (C=O) groups is 2. The van der Waals surface area contributed by atoms with E-state index in [4.69, 9.17) is 0 Å². The maximum absolute atomic E-state index is 13.1. The molecule has 1 aliphatic rings. The van der Waals surface area contributed by atoms with Crippen molar-refractivity contribution < 1.29 is 9.59 Å². The van der Waals surface area contributed by atoms with Crippen LogP contribution >= 0.6 is 0 Å². The summed E-state index contributed by atoms with van der Waals surface area (Å²) in [5.74, 6) is -0.559. The molecule has 0 spiro atoms. The fraction of sp³-hybridized carbons (Fsp3) is 0.250. The van der Waals surface area contributed by atoms with Crippen molar-refractivity contribution in [3.63, 3.8) is 0 Å². The Morgan fingerprint density at radius 3 is 2.29 bits per heavy atom. The van der Waals surface area contributed by atoms with Crippen LogP contribution in [0.4, 0.5) is 0 Å². The van der Waals surface area contributed by atoms with Crippen LogP contribution in [0.15, 0.2) is 48.7 Å². The van der Waals surface area contributed by atoms with Crippen molar-refractivity contribution in [3.8, 4) is 5.69 Å². The van der Waals surface area contributed by atoms with Crippen LogP contribution in [-0.2, 0) is 0 Å². The van der Waals surface area contributed by atoms with Gasteiger partial charge in [0.1, 0.15) is 0 Å². The van der Waals surface area contributed by atoms with Gasteiger partial charge in [0, 0.05) is 19.3 Å². The SMILES string of the molecule is Cc1ncccc1C(=O)N1CCCN1C(=O)c1nn(-c2ccccc2)nc1C. The van der Waals surface area contributed by atoms with Crippen LogP contribution in [0.2, 0.25) is 0 Å². The summed E-state index contributed by atoms with van der Waals surface area (Å²) in [5, 5.41) is 11.7. The predicted molar refractivity (Wildman–Crippen MR) is 102 cm³/mol. The average molecular weight is 376 g/mol. The van der Waals surface area contributed by atoms with Gasteiger partial charge in [-0.15, -0.1) is 5.10 Å². The lowest BCUT2D eigenvalue weighted by Crippen LogP contribution is -2.45. The second-order valence-electron chi connectivity index (χ2n) is 6.61. The van der Waals surface area contributed by atoms with Crippen LogP contribution in [0.3, 0.4) is 0 Å². The number of nitrogens with zero attached hydrogens (tertiary/aromatic N) is 6. The van der Waals surface area contributed by atoms with Crippen LogP contribution in [0.25, 0.3) is 5.69 Å². The van der Waals surface area contributed by atoms with Gasteiger partial charge in [0.15, 0.2) is 5.69 Å². The third-order valence-electron chi connectivity index (χ3n) is 4.71. The van der Waals surface area contributed by atoms with Gasteiger partial charge in [0.05, 0.1) is 22.6 Å². The Morgan fingerprint density at radius 2 is 1.57 bits per heavy atom. The average Bonchev–Trinajstić information content (AvgIpc) is 3.35. The topological polar surface area (TPSA) is 84.2 Å². The van der Waals surface area contributed by atoms with E-state index in [1.54, 1.807) is 32.2 Å². The number of pyridine rings is 1. The Balaban J connectivity index is 1.62. The van der Waals surface area contributed by atoms with Gasteiger partial charge in [-0.3, -0.25) is 14.6 Å². The Hall–Kier alpha value is -3.55. The fourth-order valence-corrected chi connectivity index (χ4v) is 3.26. The van der Waals surface area contributed by atoms with Gasteiger partial charge < -0.3 is 0 Å². The number of aryl methyl sites for hydroxylation is 2. The van der Waals surface area contributed by atoms with Crippen LogP contribution in [0.1, 0.15) is 38.7 Å². The molecule has 0 bridgehead atoms. The van der Waals surface area contributed by atoms with Gasteiger partial charge in [-0.05, 0) is 44.5 Å². The highest BCUT2D eigenvalue weighted by atomic mass is 16.2. The minimum atomic E-state index is -0.327. The zero-order valence-electron chi connectivity index (χ0n) is 15.7. The molecule has 4 rings (SSSR count). The molecule has 1 aliphatic heterocycles. The predicted octanol–water partition coefficient (Wildman–Crippen LogP) is 2.18. The summed E-state index contributed by atoms with van der Waals surface area (Å²) < 4.78 is 0. The maximum Gasteiger partial charge on any atom is 0.294 e. The molecule has 1 aromatic carbocycles. The molecule has 1 fully saturated rings. The van der Waals surface area contributed by atoms with Gasteiger partial charge in [0.2, 0.25) is 0 Å². The fourth-order valence-electron chi connectivity index (χ4n) is 3.26. The molecule has 2 amide bonds. The van der Waals surface area contributed by atoms with E-state index >= 15 is 0 Å². The van der Waals surface area contributed by atoms with Crippen LogP contribution in [0.5, 0.6) is 0 Å². The molecule has 0 N–H and O–H groups in total. The lowest BCUT2D eigenvalue weighted by molar-refractivity contribution is 0.0180. The lowest BCUT2D eigenvalue weighted by Gasteiger charge is -2.27. The van der Waals surface area contributed by atoms with Crippen molar-refractivity contribution in [1.82, 2.24) is 30.0 Å². The standard InChI is InChI=1S/C20H20N6O2/c1-14-17(10-6-11-21-14)19(27)24-12-7-13-25(24)20(28)18-15(2)22-26(23-18)16-8-4-3-5-9-16/h3-6,8-11H,7,12-13H2,1-2H3. The Labute approximate surface area is 162 Å². The molecule has 1 saturated heterocycles. The first-order chi connectivity index (χ1) is 13.6. The first kappa shape index (κ1) is 17.8. The molecule has 3 heterocycles. The molecule has 0 radical (unpaired) electrons. The first-order valence-corrected chi connectivity index (χ1v) is 9.11. The smallest absolute Gasteiger partial charge is 0.267 e. The number of benzene rings is 1. The summed E-state index contributed by atoms with van der Waals surface area (Å²) in [6.45, 7) is 4.46. The van der Waals surface area contributed by atoms with E-state index in [-0.39, 0.29) is 17.5 Å². The number of aromatic nitrogens is 4. The maximum atomic E-state index is 13.1. The van der Waals surface area contributed by atoms with E-state index < -0.39 is 0 Å². The van der Waals surface area contributed by atoms with Crippen LogP contribution in [0, 0.1) is 13.8 Å². The quantitative estimate of drug-likeness (QED) is 0.700. The molecule has 0 saturated carbocycles. The largest absolute Gasteiger partial charge is 0.294 e. The van der Waals surface area contributed by atoms with Crippen molar-refractivity contribution in [2.75, 3.05) is 13.1 Å². The van der Waals surface area contributed by atoms with Crippen molar-refractivity contribution in [1.29, 1.82) is 0 Å². The molecule has 8 nitrogen and oxygen atoms in total. The lowest BCUT2D eigenvalue weighted by atomic mass is 10.2. The molecule has 0 aliphatic carbocycles. The van der Waals surface area contributed by atoms with Gasteiger partial charge in [-0.25, -0.2) is 10.0 Å². The van der Waals surface area contributed by atoms with E-state index in [0.717, 1.165) is 5.69 Å². The second kappa shape index (κ2) is 7.22. The third kappa shape index (κ3) is 3.13. The van der Waals surface area contributed by atoms with Gasteiger partial charge >= 0.3 is 0 Å². The number of rotatable bonds is 3. The summed E-state index contributed by atoms with van der Waals surface area (Å²) in [6, 6.07) is 12.8. The van der Waals surface area contributed by atoms with E-state index in [9.17, 15) is 9.59 Å². The van der Waals surface area contributed by atoms with E-state index in [2.05, 4.69) is 15.2 Å². The van der Waals surface area contributed by atoms with Crippen molar-refractivity contribution in [2.45, 2.75) is 20.3 Å². The Morgan fingerprint density at radius 1 is 0.857 bits per heavy atom. The van der Waals surface area contributed by atoms with Gasteiger partial charge in [-0.2, -0.15) is 9.90 Å². The van der Waals surface area contributed by atoms with Crippen molar-refractivity contribution in [3.05, 3.63) is 71.3 Å². The number of hydrogen-bond donors (Lipinski definition) is 0. The highest BCUT2D eigenvalue weighted by Crippen LogP contribution is 2.20. The molecule has 0 atom stereocenters. The molecule has 2 aromatic heterocycles. The summed E-state index contributed by atoms with van der Waals surface area (Å²) in [6.07, 6.45) is 2.35. The molecule has 0 unspecified atom stereocenters. The van der Waals surface area contributed by atoms with E-state index in [1.165, 1.54) is 14.8 Å². The number of amides is 2. The minimum absolute atomic E-state index is 0.232. The highest BCUT2D eigenvalue weighted by Gasteiger charge is 2.34. The Bertz CT molecular complexity index is 1030. The summed E-state index contributed by atoms with van der Waals surface area (Å²) in [7, 11) is 0. The van der Waals surface area contributed by atoms with E-state index in [0.29, 0.717) is 36.5 Å². The highest BCUT2D eigenvalue weighted by molar-refractivity contribution is 5.99. The number of hydrogen-bond acceptors (Lipinski definition) is 5. The zero-order valence-corrected chi connectivity index (χ0v) is 15.7. The number of carbonyl (C=O) groups excluding carboxylic acids is 2. The van der Waals surface area contributed by atoms with E-state index in [1.807, 2.05) is 30.3 Å². The number of para-hydroxylation sites is 1. The normalized spacial score (nSPS) is 13.8. The second-order valence-corrected chi connectivity index (χ2v) is 6.61. The third-order valence-corrected chi connectivity index (χ3v) is 4.71. The van der Waals surface area contributed by atoms with Crippen LogP contribution in [-0.4, -0.2) is 54.9 Å². The molecular formula is C20H20N6O2. The summed E-state index contributed by atoms with van der Waals surface area (Å²) >= 11 is 0. The molecule has 8 heteroatoms. The van der Waals surface area contributed by atoms with Gasteiger partial charge in [0.25, 0.3) is 11.8 Å². The van der Waals surface area contributed by atoms with Crippen molar-refractivity contribution >= 4 is 11.8 Å². The zero-order chi connectivity index (χ0) is 19.7. The minimum Gasteiger partial charge on any atom is -0.267 e. The van der Waals surface area contributed by atoms with Gasteiger partial charge in [-0.1, -0.05) is 18.2 Å².